The van der Waals surface area contributed by atoms with Crippen LogP contribution in [-0.4, -0.2) is 19.3 Å². The van der Waals surface area contributed by atoms with E-state index in [0.29, 0.717) is 23.2 Å². The minimum atomic E-state index is -3.82. The summed E-state index contributed by atoms with van der Waals surface area (Å²) in [7, 11) is -3.82. The van der Waals surface area contributed by atoms with Gasteiger partial charge in [0.05, 0.1) is 4.90 Å². The van der Waals surface area contributed by atoms with Crippen molar-refractivity contribution in [2.75, 3.05) is 4.72 Å². The van der Waals surface area contributed by atoms with E-state index in [9.17, 15) is 18.3 Å². The Kier molecular flexibility index (Phi) is 6.03. The van der Waals surface area contributed by atoms with Gasteiger partial charge >= 0.3 is 0 Å². The largest absolute Gasteiger partial charge is 0.508 e. The normalized spacial score (nSPS) is 11.2. The molecule has 6 heteroatoms. The predicted molar refractivity (Wildman–Crippen MR) is 114 cm³/mol. The van der Waals surface area contributed by atoms with Crippen molar-refractivity contribution in [3.05, 3.63) is 89.0 Å². The van der Waals surface area contributed by atoms with Gasteiger partial charge in [-0.05, 0) is 60.9 Å². The minimum Gasteiger partial charge on any atom is -0.508 e. The summed E-state index contributed by atoms with van der Waals surface area (Å²) in [5.74, 6) is 0.0764. The van der Waals surface area contributed by atoms with Crippen molar-refractivity contribution in [2.24, 2.45) is 0 Å². The quantitative estimate of drug-likeness (QED) is 0.574. The van der Waals surface area contributed by atoms with Crippen LogP contribution in [0.2, 0.25) is 0 Å². The zero-order valence-electron chi connectivity index (χ0n) is 16.3. The summed E-state index contributed by atoms with van der Waals surface area (Å²) >= 11 is 0. The summed E-state index contributed by atoms with van der Waals surface area (Å²) in [4.78, 5) is 12.6. The number of phenolic OH excluding ortho intramolecular Hbond substituents is 1. The Morgan fingerprint density at radius 1 is 0.897 bits per heavy atom. The topological polar surface area (TPSA) is 83.5 Å². The van der Waals surface area contributed by atoms with E-state index in [-0.39, 0.29) is 22.8 Å². The zero-order valence-corrected chi connectivity index (χ0v) is 17.2. The van der Waals surface area contributed by atoms with Crippen molar-refractivity contribution < 1.29 is 18.3 Å². The van der Waals surface area contributed by atoms with Crippen LogP contribution in [0.3, 0.4) is 0 Å². The molecule has 0 aromatic heterocycles. The molecule has 3 aromatic rings. The minimum absolute atomic E-state index is 0.0225. The Bertz CT molecular complexity index is 1140. The van der Waals surface area contributed by atoms with Crippen molar-refractivity contribution in [1.82, 2.24) is 0 Å². The van der Waals surface area contributed by atoms with E-state index in [0.717, 1.165) is 11.1 Å². The Hall–Kier alpha value is -3.12. The first kappa shape index (κ1) is 20.6. The summed E-state index contributed by atoms with van der Waals surface area (Å²) in [5.41, 5.74) is 3.64. The Morgan fingerprint density at radius 2 is 1.55 bits per heavy atom. The molecular formula is C23H23NO4S. The van der Waals surface area contributed by atoms with E-state index < -0.39 is 10.0 Å². The van der Waals surface area contributed by atoms with Gasteiger partial charge in [0.25, 0.3) is 10.0 Å². The van der Waals surface area contributed by atoms with Gasteiger partial charge < -0.3 is 5.11 Å². The molecule has 0 aliphatic carbocycles. The SMILES string of the molecule is Cc1cccc(CC(=O)Cc2ccc(C)c(S(=O)(=O)Nc3ccc(O)cc3)c2)c1. The van der Waals surface area contributed by atoms with Gasteiger partial charge in [-0.3, -0.25) is 9.52 Å². The van der Waals surface area contributed by atoms with Gasteiger partial charge in [-0.1, -0.05) is 42.0 Å². The number of benzene rings is 3. The lowest BCUT2D eigenvalue weighted by molar-refractivity contribution is -0.117. The summed E-state index contributed by atoms with van der Waals surface area (Å²) in [5, 5.41) is 9.35. The second kappa shape index (κ2) is 8.49. The maximum atomic E-state index is 12.8. The number of Topliss-reactive ketones (excluding diaryl/α,β-unsaturated/α-hetero) is 1. The monoisotopic (exact) mass is 409 g/mol. The number of hydrogen-bond donors (Lipinski definition) is 2. The summed E-state index contributed by atoms with van der Waals surface area (Å²) < 4.78 is 28.1. The van der Waals surface area contributed by atoms with E-state index in [1.54, 1.807) is 25.1 Å². The van der Waals surface area contributed by atoms with E-state index >= 15 is 0 Å². The fourth-order valence-electron chi connectivity index (χ4n) is 3.12. The third kappa shape index (κ3) is 5.45. The number of aryl methyl sites for hydroxylation is 2. The van der Waals surface area contributed by atoms with Crippen molar-refractivity contribution >= 4 is 21.5 Å². The molecular weight excluding hydrogens is 386 g/mol. The Morgan fingerprint density at radius 3 is 2.21 bits per heavy atom. The maximum Gasteiger partial charge on any atom is 0.262 e. The highest BCUT2D eigenvalue weighted by molar-refractivity contribution is 7.92. The fourth-order valence-corrected chi connectivity index (χ4v) is 4.48. The molecule has 29 heavy (non-hydrogen) atoms. The van der Waals surface area contributed by atoms with Crippen molar-refractivity contribution in [1.29, 1.82) is 0 Å². The predicted octanol–water partition coefficient (Wildman–Crippen LogP) is 4.16. The molecule has 0 atom stereocenters. The standard InChI is InChI=1S/C23H23NO4S/c1-16-4-3-5-18(12-16)13-22(26)14-19-7-6-17(2)23(15-19)29(27,28)24-20-8-10-21(25)11-9-20/h3-12,15,24-25H,13-14H2,1-2H3. The highest BCUT2D eigenvalue weighted by Gasteiger charge is 2.18. The lowest BCUT2D eigenvalue weighted by Crippen LogP contribution is -2.15. The van der Waals surface area contributed by atoms with Gasteiger partial charge in [-0.25, -0.2) is 8.42 Å². The van der Waals surface area contributed by atoms with Gasteiger partial charge in [0.1, 0.15) is 11.5 Å². The summed E-state index contributed by atoms with van der Waals surface area (Å²) in [6.45, 7) is 3.69. The van der Waals surface area contributed by atoms with Crippen LogP contribution in [0.5, 0.6) is 5.75 Å². The highest BCUT2D eigenvalue weighted by Crippen LogP contribution is 2.22. The highest BCUT2D eigenvalue weighted by atomic mass is 32.2. The van der Waals surface area contributed by atoms with Crippen LogP contribution in [0.4, 0.5) is 5.69 Å². The average molecular weight is 410 g/mol. The first-order valence-electron chi connectivity index (χ1n) is 9.21. The molecule has 150 valence electrons. The van der Waals surface area contributed by atoms with Crippen molar-refractivity contribution in [3.8, 4) is 5.75 Å². The molecule has 0 fully saturated rings. The number of hydrogen-bond acceptors (Lipinski definition) is 4. The second-order valence-corrected chi connectivity index (χ2v) is 8.78. The Labute approximate surface area is 171 Å². The summed E-state index contributed by atoms with van der Waals surface area (Å²) in [6, 6.07) is 18.6. The number of anilines is 1. The maximum absolute atomic E-state index is 12.8. The van der Waals surface area contributed by atoms with Crippen molar-refractivity contribution in [2.45, 2.75) is 31.6 Å². The number of sulfonamides is 1. The molecule has 0 aliphatic heterocycles. The van der Waals surface area contributed by atoms with Crippen LogP contribution in [-0.2, 0) is 27.7 Å². The molecule has 0 heterocycles. The van der Waals surface area contributed by atoms with Crippen molar-refractivity contribution in [3.63, 3.8) is 0 Å². The van der Waals surface area contributed by atoms with Crippen LogP contribution in [0.1, 0.15) is 22.3 Å². The lowest BCUT2D eigenvalue weighted by Gasteiger charge is -2.12. The smallest absolute Gasteiger partial charge is 0.262 e. The number of carbonyl (C=O) groups is 1. The van der Waals surface area contributed by atoms with Gasteiger partial charge in [0.15, 0.2) is 0 Å². The zero-order chi connectivity index (χ0) is 21.0. The molecule has 0 aliphatic rings. The van der Waals surface area contributed by atoms with Crippen LogP contribution < -0.4 is 4.72 Å². The molecule has 0 unspecified atom stereocenters. The number of ketones is 1. The van der Waals surface area contributed by atoms with E-state index in [1.165, 1.54) is 24.3 Å². The molecule has 2 N–H and O–H groups in total. The number of phenols is 1. The van der Waals surface area contributed by atoms with Crippen LogP contribution in [0.25, 0.3) is 0 Å². The van der Waals surface area contributed by atoms with E-state index in [4.69, 9.17) is 0 Å². The van der Waals surface area contributed by atoms with Crippen LogP contribution in [0.15, 0.2) is 71.6 Å². The number of rotatable bonds is 7. The first-order chi connectivity index (χ1) is 13.7. The number of carbonyl (C=O) groups excluding carboxylic acids is 1. The fraction of sp³-hybridized carbons (Fsp3) is 0.174. The van der Waals surface area contributed by atoms with E-state index in [2.05, 4.69) is 4.72 Å². The second-order valence-electron chi connectivity index (χ2n) is 7.13. The molecule has 0 bridgehead atoms. The van der Waals surface area contributed by atoms with Gasteiger partial charge in [-0.2, -0.15) is 0 Å². The van der Waals surface area contributed by atoms with Crippen LogP contribution in [0, 0.1) is 13.8 Å². The third-order valence-corrected chi connectivity index (χ3v) is 6.07. The first-order valence-corrected chi connectivity index (χ1v) is 10.7. The Balaban J connectivity index is 1.78. The average Bonchev–Trinajstić information content (AvgIpc) is 2.65. The molecule has 0 spiro atoms. The molecule has 3 rings (SSSR count). The molecule has 0 saturated carbocycles. The van der Waals surface area contributed by atoms with E-state index in [1.807, 2.05) is 31.2 Å². The lowest BCUT2D eigenvalue weighted by atomic mass is 10.0. The molecule has 5 nitrogen and oxygen atoms in total. The van der Waals surface area contributed by atoms with Crippen LogP contribution >= 0.6 is 0 Å². The molecule has 0 radical (unpaired) electrons. The number of nitrogens with one attached hydrogen (secondary N) is 1. The molecule has 0 saturated heterocycles. The van der Waals surface area contributed by atoms with Gasteiger partial charge in [-0.15, -0.1) is 0 Å². The summed E-state index contributed by atoms with van der Waals surface area (Å²) in [6.07, 6.45) is 0.472. The number of aromatic hydroxyl groups is 1. The third-order valence-electron chi connectivity index (χ3n) is 4.55. The van der Waals surface area contributed by atoms with Gasteiger partial charge in [0, 0.05) is 18.5 Å². The molecule has 0 amide bonds. The molecule has 3 aromatic carbocycles. The van der Waals surface area contributed by atoms with Gasteiger partial charge in [0.2, 0.25) is 0 Å².